The SMILES string of the molecule is COC(=O)CC1Cc2cc(C)cc(c2O)CN(CC(=O)OC)Cc2cc(C)cc(c2O)CN(CC(=O)OC)Cc2cc(C)cc(c2O)C1. The quantitative estimate of drug-likeness (QED) is 0.256. The van der Waals surface area contributed by atoms with Crippen molar-refractivity contribution >= 4 is 17.9 Å². The highest BCUT2D eigenvalue weighted by molar-refractivity contribution is 5.72. The van der Waals surface area contributed by atoms with Crippen LogP contribution in [0.4, 0.5) is 0 Å². The number of ether oxygens (including phenoxy) is 3. The predicted molar refractivity (Wildman–Crippen MR) is 178 cm³/mol. The largest absolute Gasteiger partial charge is 0.507 e. The van der Waals surface area contributed by atoms with Crippen LogP contribution in [0, 0.1) is 26.7 Å². The molecular weight excluding hydrogens is 616 g/mol. The van der Waals surface area contributed by atoms with Crippen LogP contribution >= 0.6 is 0 Å². The highest BCUT2D eigenvalue weighted by atomic mass is 16.5. The second-order valence-corrected chi connectivity index (χ2v) is 12.8. The number of carbonyl (C=O) groups excluding carboxylic acids is 3. The molecular formula is C37H46N2O9. The molecule has 0 radical (unpaired) electrons. The van der Waals surface area contributed by atoms with Crippen LogP contribution in [0.15, 0.2) is 36.4 Å². The van der Waals surface area contributed by atoms with E-state index in [0.717, 1.165) is 16.7 Å². The van der Waals surface area contributed by atoms with Crippen molar-refractivity contribution in [3.63, 3.8) is 0 Å². The molecule has 48 heavy (non-hydrogen) atoms. The summed E-state index contributed by atoms with van der Waals surface area (Å²) in [5, 5.41) is 34.7. The van der Waals surface area contributed by atoms with Crippen molar-refractivity contribution in [2.45, 2.75) is 66.2 Å². The maximum absolute atomic E-state index is 12.6. The van der Waals surface area contributed by atoms with Crippen LogP contribution in [-0.4, -0.2) is 77.4 Å². The standard InChI is InChI=1S/C37H46N2O9/c1-22-7-26-13-25(15-32(40)46-4)14-27-8-23(2)10-29(36(27)44)17-39(21-34(42)48-6)19-31-12-24(3)11-30(37(31)45)18-38(20-33(41)47-5)16-28(9-22)35(26)43/h7-12,25,43-45H,13-21H2,1-6H3. The number of esters is 3. The number of phenols is 3. The third-order valence-corrected chi connectivity index (χ3v) is 8.67. The van der Waals surface area contributed by atoms with Gasteiger partial charge in [-0.15, -0.1) is 0 Å². The minimum atomic E-state index is -0.476. The number of hydrogen-bond acceptors (Lipinski definition) is 11. The number of nitrogens with zero attached hydrogens (tertiary/aromatic N) is 2. The molecule has 0 fully saturated rings. The van der Waals surface area contributed by atoms with Crippen LogP contribution in [0.3, 0.4) is 0 Å². The number of hydrogen-bond donors (Lipinski definition) is 3. The smallest absolute Gasteiger partial charge is 0.319 e. The second kappa shape index (κ2) is 16.0. The molecule has 1 aliphatic rings. The monoisotopic (exact) mass is 662 g/mol. The lowest BCUT2D eigenvalue weighted by Gasteiger charge is -2.27. The Labute approximate surface area is 281 Å². The summed E-state index contributed by atoms with van der Waals surface area (Å²) in [5.74, 6) is -1.59. The van der Waals surface area contributed by atoms with Gasteiger partial charge in [0.25, 0.3) is 0 Å². The maximum atomic E-state index is 12.6. The highest BCUT2D eigenvalue weighted by Crippen LogP contribution is 2.35. The van der Waals surface area contributed by atoms with Crippen molar-refractivity contribution < 1.29 is 43.9 Å². The number of rotatable bonds is 6. The topological polar surface area (TPSA) is 146 Å². The summed E-state index contributed by atoms with van der Waals surface area (Å²) in [4.78, 5) is 41.2. The number of fused-ring (bicyclic) bond motifs is 6. The molecule has 1 aliphatic heterocycles. The van der Waals surface area contributed by atoms with Crippen molar-refractivity contribution in [2.75, 3.05) is 34.4 Å². The van der Waals surface area contributed by atoms with Crippen LogP contribution in [0.1, 0.15) is 56.5 Å². The van der Waals surface area contributed by atoms with Crippen LogP contribution in [0.5, 0.6) is 17.2 Å². The van der Waals surface area contributed by atoms with E-state index in [1.807, 2.05) is 57.2 Å². The molecule has 0 unspecified atom stereocenters. The first-order valence-electron chi connectivity index (χ1n) is 15.9. The molecule has 0 spiro atoms. The summed E-state index contributed by atoms with van der Waals surface area (Å²) in [5.41, 5.74) is 6.13. The van der Waals surface area contributed by atoms with Gasteiger partial charge in [-0.25, -0.2) is 0 Å². The lowest BCUT2D eigenvalue weighted by molar-refractivity contribution is -0.143. The molecule has 3 N–H and O–H groups in total. The van der Waals surface area contributed by atoms with Crippen LogP contribution < -0.4 is 0 Å². The molecule has 0 aliphatic carbocycles. The van der Waals surface area contributed by atoms with E-state index in [4.69, 9.17) is 14.2 Å². The zero-order valence-electron chi connectivity index (χ0n) is 28.6. The normalized spacial score (nSPS) is 14.9. The Morgan fingerprint density at radius 2 is 0.854 bits per heavy atom. The molecule has 4 rings (SSSR count). The number of phenolic OH excluding ortho intramolecular Hbond substituents is 3. The minimum Gasteiger partial charge on any atom is -0.507 e. The van der Waals surface area contributed by atoms with E-state index in [1.165, 1.54) is 21.3 Å². The average Bonchev–Trinajstić information content (AvgIpc) is 3.02. The number of benzene rings is 3. The summed E-state index contributed by atoms with van der Waals surface area (Å²) < 4.78 is 15.0. The molecule has 258 valence electrons. The number of aromatic hydroxyl groups is 3. The fraction of sp³-hybridized carbons (Fsp3) is 0.432. The lowest BCUT2D eigenvalue weighted by Crippen LogP contribution is -2.31. The average molecular weight is 663 g/mol. The summed E-state index contributed by atoms with van der Waals surface area (Å²) in [6.45, 7) is 6.16. The number of carbonyl (C=O) groups is 3. The zero-order chi connectivity index (χ0) is 35.1. The molecule has 6 bridgehead atoms. The Hall–Kier alpha value is -4.61. The van der Waals surface area contributed by atoms with E-state index >= 15 is 0 Å². The van der Waals surface area contributed by atoms with E-state index in [9.17, 15) is 29.7 Å². The Morgan fingerprint density at radius 1 is 0.562 bits per heavy atom. The van der Waals surface area contributed by atoms with Crippen LogP contribution in [0.2, 0.25) is 0 Å². The van der Waals surface area contributed by atoms with Crippen molar-refractivity contribution in [1.82, 2.24) is 9.80 Å². The fourth-order valence-corrected chi connectivity index (χ4v) is 6.55. The summed E-state index contributed by atoms with van der Waals surface area (Å²) in [6.07, 6.45) is 0.676. The third-order valence-electron chi connectivity index (χ3n) is 8.67. The molecule has 0 aromatic heterocycles. The van der Waals surface area contributed by atoms with E-state index in [2.05, 4.69) is 0 Å². The van der Waals surface area contributed by atoms with Gasteiger partial charge in [0.15, 0.2) is 0 Å². The fourth-order valence-electron chi connectivity index (χ4n) is 6.55. The zero-order valence-corrected chi connectivity index (χ0v) is 28.6. The van der Waals surface area contributed by atoms with E-state index in [-0.39, 0.29) is 68.9 Å². The van der Waals surface area contributed by atoms with Gasteiger partial charge in [0, 0.05) is 54.9 Å². The number of aryl methyl sites for hydroxylation is 3. The van der Waals surface area contributed by atoms with Crippen molar-refractivity contribution in [2.24, 2.45) is 5.92 Å². The van der Waals surface area contributed by atoms with Gasteiger partial charge >= 0.3 is 17.9 Å². The van der Waals surface area contributed by atoms with Gasteiger partial charge in [0.1, 0.15) is 17.2 Å². The Morgan fingerprint density at radius 3 is 1.17 bits per heavy atom. The number of methoxy groups -OCH3 is 3. The maximum Gasteiger partial charge on any atom is 0.319 e. The molecule has 0 saturated heterocycles. The van der Waals surface area contributed by atoms with Gasteiger partial charge < -0.3 is 29.5 Å². The van der Waals surface area contributed by atoms with Crippen LogP contribution in [0.25, 0.3) is 0 Å². The van der Waals surface area contributed by atoms with Crippen molar-refractivity contribution in [1.29, 1.82) is 0 Å². The Kier molecular flexibility index (Phi) is 12.1. The summed E-state index contributed by atoms with van der Waals surface area (Å²) in [7, 11) is 3.94. The van der Waals surface area contributed by atoms with Crippen molar-refractivity contribution in [3.8, 4) is 17.2 Å². The molecule has 11 nitrogen and oxygen atoms in total. The first-order valence-corrected chi connectivity index (χ1v) is 15.9. The molecule has 1 heterocycles. The molecule has 3 aromatic carbocycles. The molecule has 0 saturated carbocycles. The van der Waals surface area contributed by atoms with Gasteiger partial charge in [-0.2, -0.15) is 0 Å². The summed E-state index contributed by atoms with van der Waals surface area (Å²) in [6, 6.07) is 11.1. The highest BCUT2D eigenvalue weighted by Gasteiger charge is 2.25. The first-order chi connectivity index (χ1) is 22.8. The van der Waals surface area contributed by atoms with Gasteiger partial charge in [0.05, 0.1) is 34.4 Å². The van der Waals surface area contributed by atoms with Gasteiger partial charge in [0.2, 0.25) is 0 Å². The molecule has 11 heteroatoms. The lowest BCUT2D eigenvalue weighted by atomic mass is 9.87. The Bertz CT molecular complexity index is 1390. The predicted octanol–water partition coefficient (Wildman–Crippen LogP) is 4.36. The first kappa shape index (κ1) is 36.2. The van der Waals surface area contributed by atoms with Crippen molar-refractivity contribution in [3.05, 3.63) is 86.5 Å². The minimum absolute atomic E-state index is 0.0143. The van der Waals surface area contributed by atoms with Gasteiger partial charge in [-0.3, -0.25) is 24.2 Å². The third kappa shape index (κ3) is 9.26. The van der Waals surface area contributed by atoms with Gasteiger partial charge in [-0.05, 0) is 50.7 Å². The van der Waals surface area contributed by atoms with E-state index < -0.39 is 17.9 Å². The van der Waals surface area contributed by atoms with Gasteiger partial charge in [-0.1, -0.05) is 53.1 Å². The summed E-state index contributed by atoms with van der Waals surface area (Å²) >= 11 is 0. The van der Waals surface area contributed by atoms with Crippen LogP contribution in [-0.2, 0) is 67.6 Å². The molecule has 0 amide bonds. The van der Waals surface area contributed by atoms with E-state index in [1.54, 1.807) is 9.80 Å². The Balaban J connectivity index is 1.92. The second-order valence-electron chi connectivity index (χ2n) is 12.8. The van der Waals surface area contributed by atoms with E-state index in [0.29, 0.717) is 46.2 Å². The molecule has 0 atom stereocenters. The molecule has 3 aromatic rings.